The van der Waals surface area contributed by atoms with Gasteiger partial charge in [0, 0.05) is 31.1 Å². The van der Waals surface area contributed by atoms with Crippen LogP contribution in [0.15, 0.2) is 24.4 Å². The number of ether oxygens (including phenoxy) is 3. The van der Waals surface area contributed by atoms with Crippen molar-refractivity contribution >= 4 is 5.57 Å². The third kappa shape index (κ3) is 4.06. The molecule has 7 nitrogen and oxygen atoms in total. The summed E-state index contributed by atoms with van der Waals surface area (Å²) in [5.41, 5.74) is 4.87. The monoisotopic (exact) mass is 396 g/mol. The molecule has 2 aliphatic rings. The molecule has 0 saturated carbocycles. The zero-order chi connectivity index (χ0) is 20.2. The highest BCUT2D eigenvalue weighted by Crippen LogP contribution is 2.41. The number of benzene rings is 1. The van der Waals surface area contributed by atoms with Crippen molar-refractivity contribution in [2.75, 3.05) is 41.0 Å². The quantitative estimate of drug-likeness (QED) is 0.710. The molecule has 29 heavy (non-hydrogen) atoms. The van der Waals surface area contributed by atoms with Gasteiger partial charge in [0.15, 0.2) is 11.5 Å². The molecule has 4 rings (SSSR count). The highest BCUT2D eigenvalue weighted by atomic mass is 16.5. The van der Waals surface area contributed by atoms with Gasteiger partial charge in [-0.1, -0.05) is 6.08 Å². The van der Waals surface area contributed by atoms with Crippen LogP contribution in [-0.2, 0) is 6.42 Å². The van der Waals surface area contributed by atoms with Gasteiger partial charge in [0.25, 0.3) is 0 Å². The van der Waals surface area contributed by atoms with Gasteiger partial charge in [0.05, 0.1) is 44.6 Å². The predicted octanol–water partition coefficient (Wildman–Crippen LogP) is 2.45. The molecule has 2 aromatic rings. The Hall–Kier alpha value is -2.64. The van der Waals surface area contributed by atoms with E-state index in [-0.39, 0.29) is 0 Å². The van der Waals surface area contributed by atoms with Crippen LogP contribution in [0.25, 0.3) is 16.8 Å². The van der Waals surface area contributed by atoms with Gasteiger partial charge in [-0.05, 0) is 37.1 Å². The number of methoxy groups -OCH3 is 3. The minimum atomic E-state index is 0.568. The molecule has 2 heterocycles. The molecule has 0 spiro atoms. The summed E-state index contributed by atoms with van der Waals surface area (Å²) in [6.07, 6.45) is 7.37. The van der Waals surface area contributed by atoms with E-state index < -0.39 is 0 Å². The van der Waals surface area contributed by atoms with Crippen LogP contribution in [0.4, 0.5) is 0 Å². The van der Waals surface area contributed by atoms with Crippen molar-refractivity contribution in [1.82, 2.24) is 20.6 Å². The molecule has 1 saturated heterocycles. The maximum atomic E-state index is 5.48. The molecule has 1 aliphatic heterocycles. The Morgan fingerprint density at radius 1 is 1.14 bits per heavy atom. The maximum Gasteiger partial charge on any atom is 0.203 e. The smallest absolute Gasteiger partial charge is 0.203 e. The Morgan fingerprint density at radius 3 is 2.59 bits per heavy atom. The molecular weight excluding hydrogens is 368 g/mol. The molecule has 154 valence electrons. The van der Waals surface area contributed by atoms with Gasteiger partial charge in [-0.3, -0.25) is 4.98 Å². The van der Waals surface area contributed by atoms with E-state index in [9.17, 15) is 0 Å². The summed E-state index contributed by atoms with van der Waals surface area (Å²) in [7, 11) is 4.82. The Labute approximate surface area is 171 Å². The molecule has 1 atom stereocenters. The first-order valence-electron chi connectivity index (χ1n) is 10.0. The number of hydrogen-bond donors (Lipinski definition) is 2. The molecule has 1 aromatic carbocycles. The Kier molecular flexibility index (Phi) is 5.97. The molecule has 2 N–H and O–H groups in total. The fourth-order valence-electron chi connectivity index (χ4n) is 3.97. The van der Waals surface area contributed by atoms with E-state index in [1.165, 1.54) is 18.4 Å². The van der Waals surface area contributed by atoms with Gasteiger partial charge in [-0.25, -0.2) is 4.98 Å². The van der Waals surface area contributed by atoms with Gasteiger partial charge in [0.1, 0.15) is 0 Å². The predicted molar refractivity (Wildman–Crippen MR) is 113 cm³/mol. The third-order valence-electron chi connectivity index (χ3n) is 5.52. The molecule has 1 aliphatic carbocycles. The Balaban J connectivity index is 1.56. The summed E-state index contributed by atoms with van der Waals surface area (Å²) in [6.45, 7) is 2.91. The standard InChI is InChI=1S/C22H28N4O3/c1-27-19-9-15(10-20(28-2)22(19)29-3)18-13-25-17-7-6-14(21(17)26-18)11-23-12-16-5-4-8-24-16/h6,9-10,13,16,23-24H,4-5,7-8,11-12H2,1-3H3. The van der Waals surface area contributed by atoms with Gasteiger partial charge >= 0.3 is 0 Å². The van der Waals surface area contributed by atoms with Crippen LogP contribution in [0.2, 0.25) is 0 Å². The zero-order valence-electron chi connectivity index (χ0n) is 17.2. The molecule has 1 fully saturated rings. The van der Waals surface area contributed by atoms with Crippen molar-refractivity contribution in [3.05, 3.63) is 35.8 Å². The van der Waals surface area contributed by atoms with Crippen LogP contribution in [0.1, 0.15) is 24.2 Å². The summed E-state index contributed by atoms with van der Waals surface area (Å²) in [5.74, 6) is 1.77. The lowest BCUT2D eigenvalue weighted by Crippen LogP contribution is -2.34. The van der Waals surface area contributed by atoms with Crippen molar-refractivity contribution in [3.63, 3.8) is 0 Å². The van der Waals surface area contributed by atoms with Crippen LogP contribution in [0.5, 0.6) is 17.2 Å². The normalized spacial score (nSPS) is 17.8. The number of rotatable bonds is 8. The highest BCUT2D eigenvalue weighted by molar-refractivity contribution is 5.74. The lowest BCUT2D eigenvalue weighted by molar-refractivity contribution is 0.324. The van der Waals surface area contributed by atoms with E-state index in [2.05, 4.69) is 21.7 Å². The zero-order valence-corrected chi connectivity index (χ0v) is 17.2. The fraction of sp³-hybridized carbons (Fsp3) is 0.455. The van der Waals surface area contributed by atoms with Crippen molar-refractivity contribution < 1.29 is 14.2 Å². The summed E-state index contributed by atoms with van der Waals surface area (Å²) in [5, 5.41) is 7.08. The summed E-state index contributed by atoms with van der Waals surface area (Å²) >= 11 is 0. The number of nitrogens with zero attached hydrogens (tertiary/aromatic N) is 2. The van der Waals surface area contributed by atoms with Crippen molar-refractivity contribution in [2.45, 2.75) is 25.3 Å². The van der Waals surface area contributed by atoms with E-state index in [1.54, 1.807) is 21.3 Å². The minimum absolute atomic E-state index is 0.568. The summed E-state index contributed by atoms with van der Waals surface area (Å²) in [4.78, 5) is 9.58. The molecule has 1 unspecified atom stereocenters. The SMILES string of the molecule is COc1cc(-c2cnc3c(n2)C(CNCC2CCCN2)=CC3)cc(OC)c1OC. The second-order valence-corrected chi connectivity index (χ2v) is 7.32. The first-order valence-corrected chi connectivity index (χ1v) is 10.0. The highest BCUT2D eigenvalue weighted by Gasteiger charge is 2.21. The molecule has 0 radical (unpaired) electrons. The van der Waals surface area contributed by atoms with E-state index in [4.69, 9.17) is 19.2 Å². The van der Waals surface area contributed by atoms with Gasteiger partial charge in [-0.2, -0.15) is 0 Å². The largest absolute Gasteiger partial charge is 0.493 e. The Morgan fingerprint density at radius 2 is 1.93 bits per heavy atom. The van der Waals surface area contributed by atoms with Crippen LogP contribution in [0.3, 0.4) is 0 Å². The number of allylic oxidation sites excluding steroid dienone is 1. The minimum Gasteiger partial charge on any atom is -0.493 e. The van der Waals surface area contributed by atoms with Crippen molar-refractivity contribution in [2.24, 2.45) is 0 Å². The molecule has 7 heteroatoms. The second-order valence-electron chi connectivity index (χ2n) is 7.32. The van der Waals surface area contributed by atoms with Crippen molar-refractivity contribution in [3.8, 4) is 28.5 Å². The average molecular weight is 396 g/mol. The third-order valence-corrected chi connectivity index (χ3v) is 5.52. The topological polar surface area (TPSA) is 77.5 Å². The van der Waals surface area contributed by atoms with Crippen LogP contribution < -0.4 is 24.8 Å². The number of aromatic nitrogens is 2. The first-order chi connectivity index (χ1) is 14.2. The lowest BCUT2D eigenvalue weighted by Gasteiger charge is -2.15. The van der Waals surface area contributed by atoms with Gasteiger partial charge < -0.3 is 24.8 Å². The first kappa shape index (κ1) is 19.7. The van der Waals surface area contributed by atoms with Crippen LogP contribution in [0, 0.1) is 0 Å². The average Bonchev–Trinajstić information content (AvgIpc) is 3.42. The number of hydrogen-bond acceptors (Lipinski definition) is 7. The maximum absolute atomic E-state index is 5.48. The van der Waals surface area contributed by atoms with Gasteiger partial charge in [-0.15, -0.1) is 0 Å². The van der Waals surface area contributed by atoms with E-state index in [0.29, 0.717) is 23.3 Å². The van der Waals surface area contributed by atoms with E-state index >= 15 is 0 Å². The van der Waals surface area contributed by atoms with Crippen molar-refractivity contribution in [1.29, 1.82) is 0 Å². The van der Waals surface area contributed by atoms with E-state index in [1.807, 2.05) is 18.3 Å². The number of fused-ring (bicyclic) bond motifs is 1. The second kappa shape index (κ2) is 8.80. The fourth-order valence-corrected chi connectivity index (χ4v) is 3.97. The van der Waals surface area contributed by atoms with Crippen LogP contribution >= 0.6 is 0 Å². The summed E-state index contributed by atoms with van der Waals surface area (Å²) < 4.78 is 16.4. The van der Waals surface area contributed by atoms with Crippen LogP contribution in [-0.4, -0.2) is 57.0 Å². The molecule has 0 bridgehead atoms. The summed E-state index contributed by atoms with van der Waals surface area (Å²) in [6, 6.07) is 4.38. The molecule has 0 amide bonds. The Bertz CT molecular complexity index is 882. The molecule has 1 aromatic heterocycles. The van der Waals surface area contributed by atoms with Gasteiger partial charge in [0.2, 0.25) is 5.75 Å². The number of nitrogens with one attached hydrogen (secondary N) is 2. The molecular formula is C22H28N4O3. The van der Waals surface area contributed by atoms with E-state index in [0.717, 1.165) is 48.7 Å². The lowest BCUT2D eigenvalue weighted by atomic mass is 10.1.